The summed E-state index contributed by atoms with van der Waals surface area (Å²) in [4.78, 5) is 24.9. The van der Waals surface area contributed by atoms with E-state index < -0.39 is 12.0 Å². The van der Waals surface area contributed by atoms with Crippen LogP contribution in [0.15, 0.2) is 30.3 Å². The van der Waals surface area contributed by atoms with Crippen LogP contribution in [0, 0.1) is 0 Å². The number of carbonyl (C=O) groups is 2. The summed E-state index contributed by atoms with van der Waals surface area (Å²) in [7, 11) is 0. The van der Waals surface area contributed by atoms with Gasteiger partial charge in [0.15, 0.2) is 0 Å². The molecule has 1 aliphatic carbocycles. The van der Waals surface area contributed by atoms with Crippen LogP contribution < -0.4 is 5.73 Å². The van der Waals surface area contributed by atoms with Gasteiger partial charge >= 0.3 is 5.97 Å². The molecule has 0 aromatic heterocycles. The Balaban J connectivity index is 2.15. The first-order valence-corrected chi connectivity index (χ1v) is 6.92. The van der Waals surface area contributed by atoms with Gasteiger partial charge in [-0.3, -0.25) is 9.59 Å². The number of aliphatic carboxylic acids is 1. The quantitative estimate of drug-likeness (QED) is 0.854. The average molecular weight is 276 g/mol. The van der Waals surface area contributed by atoms with E-state index in [1.165, 1.54) is 4.90 Å². The second kappa shape index (κ2) is 6.52. The third-order valence-corrected chi connectivity index (χ3v) is 3.78. The molecule has 0 saturated heterocycles. The van der Waals surface area contributed by atoms with E-state index in [-0.39, 0.29) is 18.5 Å². The van der Waals surface area contributed by atoms with Crippen molar-refractivity contribution in [3.63, 3.8) is 0 Å². The van der Waals surface area contributed by atoms with Crippen molar-refractivity contribution in [1.82, 2.24) is 4.90 Å². The van der Waals surface area contributed by atoms with E-state index in [0.29, 0.717) is 5.56 Å². The molecule has 0 spiro atoms. The van der Waals surface area contributed by atoms with Crippen LogP contribution in [0.2, 0.25) is 0 Å². The Labute approximate surface area is 118 Å². The molecule has 1 aliphatic rings. The summed E-state index contributed by atoms with van der Waals surface area (Å²) in [5.41, 5.74) is 6.71. The molecule has 2 rings (SSSR count). The third kappa shape index (κ3) is 3.36. The molecule has 1 saturated carbocycles. The van der Waals surface area contributed by atoms with Gasteiger partial charge < -0.3 is 15.7 Å². The summed E-state index contributed by atoms with van der Waals surface area (Å²) in [6.07, 6.45) is 3.80. The lowest BCUT2D eigenvalue weighted by molar-refractivity contribution is -0.146. The van der Waals surface area contributed by atoms with Crippen LogP contribution in [-0.2, 0) is 9.59 Å². The van der Waals surface area contributed by atoms with E-state index in [2.05, 4.69) is 0 Å². The Hall–Kier alpha value is -1.88. The van der Waals surface area contributed by atoms with Crippen LogP contribution in [0.25, 0.3) is 0 Å². The van der Waals surface area contributed by atoms with Crippen molar-refractivity contribution in [2.24, 2.45) is 5.73 Å². The largest absolute Gasteiger partial charge is 0.480 e. The van der Waals surface area contributed by atoms with Crippen molar-refractivity contribution < 1.29 is 14.7 Å². The number of carbonyl (C=O) groups excluding carboxylic acids is 1. The fraction of sp³-hybridized carbons (Fsp3) is 0.467. The molecule has 1 aromatic carbocycles. The number of amides is 1. The van der Waals surface area contributed by atoms with E-state index in [0.717, 1.165) is 25.7 Å². The molecule has 3 N–H and O–H groups in total. The molecule has 20 heavy (non-hydrogen) atoms. The highest BCUT2D eigenvalue weighted by Gasteiger charge is 2.31. The van der Waals surface area contributed by atoms with Crippen molar-refractivity contribution in [2.75, 3.05) is 6.54 Å². The number of benzene rings is 1. The molecule has 0 heterocycles. The molecule has 5 nitrogen and oxygen atoms in total. The second-order valence-corrected chi connectivity index (χ2v) is 5.19. The van der Waals surface area contributed by atoms with Gasteiger partial charge in [-0.1, -0.05) is 43.2 Å². The summed E-state index contributed by atoms with van der Waals surface area (Å²) in [5, 5.41) is 9.01. The van der Waals surface area contributed by atoms with Gasteiger partial charge in [-0.05, 0) is 18.4 Å². The van der Waals surface area contributed by atoms with Crippen LogP contribution in [0.4, 0.5) is 0 Å². The summed E-state index contributed by atoms with van der Waals surface area (Å²) in [5.74, 6) is -1.30. The van der Waals surface area contributed by atoms with Crippen molar-refractivity contribution in [2.45, 2.75) is 37.8 Å². The van der Waals surface area contributed by atoms with Gasteiger partial charge in [0.1, 0.15) is 12.6 Å². The van der Waals surface area contributed by atoms with Crippen molar-refractivity contribution in [3.8, 4) is 0 Å². The molecule has 0 aliphatic heterocycles. The standard InChI is InChI=1S/C15H20N2O3/c16-14(11-6-2-1-3-7-11)15(20)17(10-13(18)19)12-8-4-5-9-12/h1-3,6-7,12,14H,4-5,8-10,16H2,(H,18,19). The van der Waals surface area contributed by atoms with Gasteiger partial charge in [0.2, 0.25) is 5.91 Å². The molecule has 5 heteroatoms. The molecular weight excluding hydrogens is 256 g/mol. The van der Waals surface area contributed by atoms with Gasteiger partial charge in [0, 0.05) is 6.04 Å². The van der Waals surface area contributed by atoms with Crippen LogP contribution >= 0.6 is 0 Å². The highest BCUT2D eigenvalue weighted by molar-refractivity contribution is 5.86. The van der Waals surface area contributed by atoms with Crippen molar-refractivity contribution in [1.29, 1.82) is 0 Å². The second-order valence-electron chi connectivity index (χ2n) is 5.19. The lowest BCUT2D eigenvalue weighted by Crippen LogP contribution is -2.46. The topological polar surface area (TPSA) is 83.6 Å². The van der Waals surface area contributed by atoms with E-state index >= 15 is 0 Å². The van der Waals surface area contributed by atoms with Crippen LogP contribution in [-0.4, -0.2) is 34.5 Å². The molecule has 1 fully saturated rings. The third-order valence-electron chi connectivity index (χ3n) is 3.78. The fourth-order valence-corrected chi connectivity index (χ4v) is 2.73. The number of nitrogens with two attached hydrogens (primary N) is 1. The SMILES string of the molecule is NC(C(=O)N(CC(=O)O)C1CCCC1)c1ccccc1. The molecule has 1 atom stereocenters. The normalized spacial score (nSPS) is 16.9. The van der Waals surface area contributed by atoms with Gasteiger partial charge in [-0.25, -0.2) is 0 Å². The van der Waals surface area contributed by atoms with E-state index in [4.69, 9.17) is 10.8 Å². The summed E-state index contributed by atoms with van der Waals surface area (Å²) in [6, 6.07) is 8.28. The van der Waals surface area contributed by atoms with Crippen LogP contribution in [0.1, 0.15) is 37.3 Å². The predicted octanol–water partition coefficient (Wildman–Crippen LogP) is 1.54. The molecule has 108 valence electrons. The molecule has 0 bridgehead atoms. The average Bonchev–Trinajstić information content (AvgIpc) is 2.98. The highest BCUT2D eigenvalue weighted by atomic mass is 16.4. The zero-order valence-corrected chi connectivity index (χ0v) is 11.4. The Kier molecular flexibility index (Phi) is 4.74. The first kappa shape index (κ1) is 14.5. The summed E-state index contributed by atoms with van der Waals surface area (Å²) < 4.78 is 0. The van der Waals surface area contributed by atoms with Crippen LogP contribution in [0.5, 0.6) is 0 Å². The van der Waals surface area contributed by atoms with E-state index in [1.807, 2.05) is 18.2 Å². The lowest BCUT2D eigenvalue weighted by atomic mass is 10.1. The highest BCUT2D eigenvalue weighted by Crippen LogP contribution is 2.25. The maximum atomic E-state index is 12.5. The first-order valence-electron chi connectivity index (χ1n) is 6.92. The number of rotatable bonds is 5. The summed E-state index contributed by atoms with van der Waals surface area (Å²) >= 11 is 0. The molecule has 1 unspecified atom stereocenters. The Morgan fingerprint density at radius 3 is 2.40 bits per heavy atom. The smallest absolute Gasteiger partial charge is 0.323 e. The number of carboxylic acid groups (broad SMARTS) is 1. The van der Waals surface area contributed by atoms with Crippen molar-refractivity contribution >= 4 is 11.9 Å². The predicted molar refractivity (Wildman–Crippen MR) is 75.0 cm³/mol. The molecule has 1 amide bonds. The zero-order chi connectivity index (χ0) is 14.5. The monoisotopic (exact) mass is 276 g/mol. The van der Waals surface area contributed by atoms with Gasteiger partial charge in [0.25, 0.3) is 0 Å². The van der Waals surface area contributed by atoms with E-state index in [1.54, 1.807) is 12.1 Å². The zero-order valence-electron chi connectivity index (χ0n) is 11.4. The molecule has 0 radical (unpaired) electrons. The lowest BCUT2D eigenvalue weighted by Gasteiger charge is -2.30. The van der Waals surface area contributed by atoms with E-state index in [9.17, 15) is 9.59 Å². The Morgan fingerprint density at radius 1 is 1.25 bits per heavy atom. The van der Waals surface area contributed by atoms with Gasteiger partial charge in [-0.2, -0.15) is 0 Å². The fourth-order valence-electron chi connectivity index (χ4n) is 2.73. The minimum absolute atomic E-state index is 0.00774. The van der Waals surface area contributed by atoms with Gasteiger partial charge in [0.05, 0.1) is 0 Å². The number of nitrogens with zero attached hydrogens (tertiary/aromatic N) is 1. The first-order chi connectivity index (χ1) is 9.59. The minimum Gasteiger partial charge on any atom is -0.480 e. The maximum absolute atomic E-state index is 12.5. The Morgan fingerprint density at radius 2 is 1.85 bits per heavy atom. The Bertz CT molecular complexity index is 469. The number of hydrogen-bond donors (Lipinski definition) is 2. The van der Waals surface area contributed by atoms with Gasteiger partial charge in [-0.15, -0.1) is 0 Å². The number of hydrogen-bond acceptors (Lipinski definition) is 3. The summed E-state index contributed by atoms with van der Waals surface area (Å²) in [6.45, 7) is -0.274. The minimum atomic E-state index is -0.995. The number of carboxylic acids is 1. The molecule has 1 aromatic rings. The van der Waals surface area contributed by atoms with Crippen molar-refractivity contribution in [3.05, 3.63) is 35.9 Å². The molecular formula is C15H20N2O3. The van der Waals surface area contributed by atoms with Crippen LogP contribution in [0.3, 0.4) is 0 Å². The maximum Gasteiger partial charge on any atom is 0.323 e.